The molecule has 0 aliphatic carbocycles. The third kappa shape index (κ3) is 5.78. The minimum atomic E-state index is 0.153. The Hall–Kier alpha value is -1.51. The van der Waals surface area contributed by atoms with Crippen LogP contribution in [0, 0.1) is 0 Å². The Morgan fingerprint density at radius 2 is 1.67 bits per heavy atom. The molecule has 3 nitrogen and oxygen atoms in total. The van der Waals surface area contributed by atoms with Gasteiger partial charge in [0, 0.05) is 24.8 Å². The number of hydrogen-bond donors (Lipinski definition) is 1. The van der Waals surface area contributed by atoms with Gasteiger partial charge in [-0.1, -0.05) is 38.8 Å². The number of benzene rings is 1. The van der Waals surface area contributed by atoms with Crippen LogP contribution in [-0.2, 0) is 0 Å². The Bertz CT molecular complexity index is 421. The van der Waals surface area contributed by atoms with Crippen molar-refractivity contribution in [3.8, 4) is 0 Å². The average molecular weight is 290 g/mol. The Labute approximate surface area is 129 Å². The summed E-state index contributed by atoms with van der Waals surface area (Å²) in [5.74, 6) is 0.153. The van der Waals surface area contributed by atoms with Crippen molar-refractivity contribution in [1.82, 2.24) is 4.90 Å². The second-order valence-electron chi connectivity index (χ2n) is 5.84. The van der Waals surface area contributed by atoms with E-state index in [0.29, 0.717) is 6.04 Å². The minimum absolute atomic E-state index is 0.153. The lowest BCUT2D eigenvalue weighted by molar-refractivity contribution is 0.0752. The Morgan fingerprint density at radius 3 is 2.19 bits per heavy atom. The summed E-state index contributed by atoms with van der Waals surface area (Å²) in [4.78, 5) is 14.9. The molecule has 0 unspecified atom stereocenters. The Balaban J connectivity index is 2.91. The second kappa shape index (κ2) is 9.43. The summed E-state index contributed by atoms with van der Waals surface area (Å²) in [5.41, 5.74) is 1.73. The molecule has 1 aromatic rings. The van der Waals surface area contributed by atoms with Gasteiger partial charge in [0.2, 0.25) is 0 Å². The number of carbonyl (C=O) groups is 1. The fraction of sp³-hybridized carbons (Fsp3) is 0.611. The first-order chi connectivity index (χ1) is 10.1. The zero-order valence-corrected chi connectivity index (χ0v) is 14.0. The lowest BCUT2D eigenvalue weighted by Crippen LogP contribution is -2.33. The molecule has 0 radical (unpaired) electrons. The Morgan fingerprint density at radius 1 is 1.10 bits per heavy atom. The van der Waals surface area contributed by atoms with Crippen molar-refractivity contribution in [3.63, 3.8) is 0 Å². The number of anilines is 1. The van der Waals surface area contributed by atoms with Crippen LogP contribution in [0.25, 0.3) is 0 Å². The highest BCUT2D eigenvalue weighted by molar-refractivity contribution is 5.99. The molecule has 0 aliphatic heterocycles. The van der Waals surface area contributed by atoms with Crippen molar-refractivity contribution in [2.24, 2.45) is 0 Å². The molecule has 0 atom stereocenters. The van der Waals surface area contributed by atoms with Gasteiger partial charge in [-0.2, -0.15) is 0 Å². The number of carbonyl (C=O) groups excluding carboxylic acids is 1. The summed E-state index contributed by atoms with van der Waals surface area (Å²) < 4.78 is 0. The van der Waals surface area contributed by atoms with E-state index in [1.54, 1.807) is 0 Å². The van der Waals surface area contributed by atoms with Gasteiger partial charge in [-0.05, 0) is 38.8 Å². The van der Waals surface area contributed by atoms with E-state index < -0.39 is 0 Å². The number of nitrogens with one attached hydrogen (secondary N) is 1. The standard InChI is InChI=1S/C18H30N2O/c1-5-7-13-20(14-8-6-2)18(21)16-11-9-10-12-17(16)19-15(3)4/h9-12,15,19H,5-8,13-14H2,1-4H3. The number of hydrogen-bond acceptors (Lipinski definition) is 2. The van der Waals surface area contributed by atoms with Crippen LogP contribution < -0.4 is 5.32 Å². The van der Waals surface area contributed by atoms with E-state index in [1.165, 1.54) is 0 Å². The third-order valence-corrected chi connectivity index (χ3v) is 3.45. The normalized spacial score (nSPS) is 10.7. The molecule has 3 heteroatoms. The fourth-order valence-electron chi connectivity index (χ4n) is 2.29. The summed E-state index contributed by atoms with van der Waals surface area (Å²) in [6.45, 7) is 10.2. The summed E-state index contributed by atoms with van der Waals surface area (Å²) in [5, 5.41) is 3.37. The van der Waals surface area contributed by atoms with Gasteiger partial charge in [0.1, 0.15) is 0 Å². The monoisotopic (exact) mass is 290 g/mol. The molecule has 21 heavy (non-hydrogen) atoms. The molecule has 0 aromatic heterocycles. The topological polar surface area (TPSA) is 32.3 Å². The number of rotatable bonds is 9. The molecule has 0 saturated carbocycles. The van der Waals surface area contributed by atoms with Crippen LogP contribution in [-0.4, -0.2) is 29.9 Å². The molecule has 0 saturated heterocycles. The molecule has 1 amide bonds. The third-order valence-electron chi connectivity index (χ3n) is 3.45. The molecule has 1 aromatic carbocycles. The Kier molecular flexibility index (Phi) is 7.88. The lowest BCUT2D eigenvalue weighted by atomic mass is 10.1. The minimum Gasteiger partial charge on any atom is -0.382 e. The van der Waals surface area contributed by atoms with E-state index in [9.17, 15) is 4.79 Å². The molecule has 1 N–H and O–H groups in total. The molecular formula is C18H30N2O. The van der Waals surface area contributed by atoms with Crippen LogP contribution in [0.3, 0.4) is 0 Å². The van der Waals surface area contributed by atoms with Crippen molar-refractivity contribution in [2.45, 2.75) is 59.4 Å². The van der Waals surface area contributed by atoms with Gasteiger partial charge >= 0.3 is 0 Å². The first-order valence-electron chi connectivity index (χ1n) is 8.25. The van der Waals surface area contributed by atoms with E-state index in [-0.39, 0.29) is 5.91 Å². The summed E-state index contributed by atoms with van der Waals surface area (Å²) >= 11 is 0. The van der Waals surface area contributed by atoms with Crippen molar-refractivity contribution < 1.29 is 4.79 Å². The first-order valence-corrected chi connectivity index (χ1v) is 8.25. The molecule has 0 fully saturated rings. The summed E-state index contributed by atoms with van der Waals surface area (Å²) in [6, 6.07) is 8.16. The van der Waals surface area contributed by atoms with Crippen LogP contribution in [0.1, 0.15) is 63.7 Å². The summed E-state index contributed by atoms with van der Waals surface area (Å²) in [6.07, 6.45) is 4.36. The SMILES string of the molecule is CCCCN(CCCC)C(=O)c1ccccc1NC(C)C. The van der Waals surface area contributed by atoms with Gasteiger partial charge in [-0.15, -0.1) is 0 Å². The number of nitrogens with zero attached hydrogens (tertiary/aromatic N) is 1. The van der Waals surface area contributed by atoms with Crippen molar-refractivity contribution in [2.75, 3.05) is 18.4 Å². The maximum Gasteiger partial charge on any atom is 0.255 e. The molecule has 0 heterocycles. The quantitative estimate of drug-likeness (QED) is 0.723. The molecule has 1 rings (SSSR count). The predicted octanol–water partition coefficient (Wildman–Crippen LogP) is 4.55. The molecule has 0 bridgehead atoms. The summed E-state index contributed by atoms with van der Waals surface area (Å²) in [7, 11) is 0. The van der Waals surface area contributed by atoms with Crippen LogP contribution >= 0.6 is 0 Å². The maximum absolute atomic E-state index is 12.8. The van der Waals surface area contributed by atoms with Gasteiger partial charge in [-0.25, -0.2) is 0 Å². The second-order valence-corrected chi connectivity index (χ2v) is 5.84. The van der Waals surface area contributed by atoms with E-state index in [4.69, 9.17) is 0 Å². The molecule has 118 valence electrons. The number of amides is 1. The van der Waals surface area contributed by atoms with Crippen molar-refractivity contribution >= 4 is 11.6 Å². The zero-order chi connectivity index (χ0) is 15.7. The van der Waals surface area contributed by atoms with E-state index in [1.807, 2.05) is 29.2 Å². The molecule has 0 spiro atoms. The van der Waals surface area contributed by atoms with E-state index in [0.717, 1.165) is 50.0 Å². The van der Waals surface area contributed by atoms with Crippen LogP contribution in [0.15, 0.2) is 24.3 Å². The van der Waals surface area contributed by atoms with Gasteiger partial charge in [0.05, 0.1) is 5.56 Å². The highest BCUT2D eigenvalue weighted by atomic mass is 16.2. The smallest absolute Gasteiger partial charge is 0.255 e. The highest BCUT2D eigenvalue weighted by Crippen LogP contribution is 2.19. The van der Waals surface area contributed by atoms with Crippen molar-refractivity contribution in [1.29, 1.82) is 0 Å². The largest absolute Gasteiger partial charge is 0.382 e. The van der Waals surface area contributed by atoms with E-state index in [2.05, 4.69) is 33.0 Å². The van der Waals surface area contributed by atoms with Crippen LogP contribution in [0.4, 0.5) is 5.69 Å². The van der Waals surface area contributed by atoms with E-state index >= 15 is 0 Å². The average Bonchev–Trinajstić information content (AvgIpc) is 2.47. The van der Waals surface area contributed by atoms with Crippen LogP contribution in [0.5, 0.6) is 0 Å². The van der Waals surface area contributed by atoms with Crippen molar-refractivity contribution in [3.05, 3.63) is 29.8 Å². The molecular weight excluding hydrogens is 260 g/mol. The highest BCUT2D eigenvalue weighted by Gasteiger charge is 2.18. The zero-order valence-electron chi connectivity index (χ0n) is 14.0. The number of unbranched alkanes of at least 4 members (excludes halogenated alkanes) is 2. The maximum atomic E-state index is 12.8. The number of para-hydroxylation sites is 1. The van der Waals surface area contributed by atoms with Gasteiger partial charge in [-0.3, -0.25) is 4.79 Å². The van der Waals surface area contributed by atoms with Gasteiger partial charge in [0.15, 0.2) is 0 Å². The van der Waals surface area contributed by atoms with Gasteiger partial charge < -0.3 is 10.2 Å². The predicted molar refractivity (Wildman–Crippen MR) is 90.9 cm³/mol. The first kappa shape index (κ1) is 17.5. The van der Waals surface area contributed by atoms with Crippen LogP contribution in [0.2, 0.25) is 0 Å². The lowest BCUT2D eigenvalue weighted by Gasteiger charge is -2.24. The fourth-order valence-corrected chi connectivity index (χ4v) is 2.29. The van der Waals surface area contributed by atoms with Gasteiger partial charge in [0.25, 0.3) is 5.91 Å². The molecule has 0 aliphatic rings.